The second-order valence-corrected chi connectivity index (χ2v) is 6.79. The summed E-state index contributed by atoms with van der Waals surface area (Å²) in [6.45, 7) is 8.70. The van der Waals surface area contributed by atoms with Crippen molar-refractivity contribution in [1.82, 2.24) is 4.98 Å². The quantitative estimate of drug-likeness (QED) is 0.666. The molecule has 4 heteroatoms. The van der Waals surface area contributed by atoms with Gasteiger partial charge < -0.3 is 16.4 Å². The Bertz CT molecular complexity index is 758. The van der Waals surface area contributed by atoms with Crippen molar-refractivity contribution < 1.29 is 0 Å². The number of hydrogen-bond acceptors (Lipinski definition) is 4. The van der Waals surface area contributed by atoms with E-state index in [1.807, 2.05) is 24.4 Å². The van der Waals surface area contributed by atoms with Crippen LogP contribution in [0.1, 0.15) is 48.8 Å². The number of aromatic nitrogens is 1. The summed E-state index contributed by atoms with van der Waals surface area (Å²) in [5, 5.41) is 6.89. The van der Waals surface area contributed by atoms with Crippen LogP contribution in [0.15, 0.2) is 55.9 Å². The lowest BCUT2D eigenvalue weighted by molar-refractivity contribution is 0.462. The van der Waals surface area contributed by atoms with Gasteiger partial charge in [-0.3, -0.25) is 0 Å². The predicted molar refractivity (Wildman–Crippen MR) is 111 cm³/mol. The monoisotopic (exact) mass is 348 g/mol. The van der Waals surface area contributed by atoms with Crippen LogP contribution in [0, 0.1) is 0 Å². The number of rotatable bonds is 7. The minimum Gasteiger partial charge on any atom is -0.367 e. The number of anilines is 2. The van der Waals surface area contributed by atoms with Crippen LogP contribution in [0.4, 0.5) is 11.5 Å². The summed E-state index contributed by atoms with van der Waals surface area (Å²) >= 11 is 0. The van der Waals surface area contributed by atoms with E-state index < -0.39 is 0 Å². The Morgan fingerprint density at radius 1 is 1.15 bits per heavy atom. The molecule has 1 heterocycles. The topological polar surface area (TPSA) is 63.0 Å². The summed E-state index contributed by atoms with van der Waals surface area (Å²) in [5.41, 5.74) is 10.8. The molecular formula is C22H28N4. The van der Waals surface area contributed by atoms with Gasteiger partial charge in [-0.15, -0.1) is 0 Å². The molecule has 4 nitrogen and oxygen atoms in total. The standard InChI is InChI=1S/C22H28N4/c1-3-24-20-13-14-25-22(26-19-7-5-4-6-8-19)21(20)16(2)18-11-9-17(15-23)10-12-18/h3,9-14,19H,1-2,4-8,15,23H2,(H2,24,25,26). The van der Waals surface area contributed by atoms with Gasteiger partial charge in [0.1, 0.15) is 5.82 Å². The van der Waals surface area contributed by atoms with Gasteiger partial charge >= 0.3 is 0 Å². The molecule has 0 spiro atoms. The van der Waals surface area contributed by atoms with Crippen LogP contribution in [0.5, 0.6) is 0 Å². The van der Waals surface area contributed by atoms with Crippen LogP contribution in [0.2, 0.25) is 0 Å². The maximum Gasteiger partial charge on any atom is 0.136 e. The molecule has 0 amide bonds. The van der Waals surface area contributed by atoms with Crippen molar-refractivity contribution in [2.75, 3.05) is 10.6 Å². The molecule has 1 aliphatic carbocycles. The van der Waals surface area contributed by atoms with E-state index in [4.69, 9.17) is 5.73 Å². The Kier molecular flexibility index (Phi) is 6.08. The molecule has 1 aromatic heterocycles. The lowest BCUT2D eigenvalue weighted by Crippen LogP contribution is -2.23. The van der Waals surface area contributed by atoms with E-state index in [1.165, 1.54) is 32.1 Å². The number of benzene rings is 1. The van der Waals surface area contributed by atoms with Gasteiger partial charge in [0.05, 0.1) is 5.69 Å². The van der Waals surface area contributed by atoms with E-state index in [9.17, 15) is 0 Å². The van der Waals surface area contributed by atoms with Gasteiger partial charge in [0.2, 0.25) is 0 Å². The average molecular weight is 348 g/mol. The van der Waals surface area contributed by atoms with Crippen molar-refractivity contribution in [1.29, 1.82) is 0 Å². The SMILES string of the molecule is C=CNc1ccnc(NC2CCCCC2)c1C(=C)c1ccc(CN)cc1. The summed E-state index contributed by atoms with van der Waals surface area (Å²) in [6, 6.07) is 10.7. The van der Waals surface area contributed by atoms with Gasteiger partial charge in [0, 0.05) is 24.3 Å². The largest absolute Gasteiger partial charge is 0.367 e. The Morgan fingerprint density at radius 3 is 2.54 bits per heavy atom. The first-order valence-electron chi connectivity index (χ1n) is 9.34. The first-order valence-corrected chi connectivity index (χ1v) is 9.34. The average Bonchev–Trinajstić information content (AvgIpc) is 2.69. The molecule has 1 aromatic carbocycles. The predicted octanol–water partition coefficient (Wildman–Crippen LogP) is 4.90. The highest BCUT2D eigenvalue weighted by Gasteiger charge is 2.19. The molecule has 1 fully saturated rings. The van der Waals surface area contributed by atoms with Crippen molar-refractivity contribution in [3.05, 3.63) is 72.6 Å². The van der Waals surface area contributed by atoms with Crippen molar-refractivity contribution in [2.45, 2.75) is 44.7 Å². The van der Waals surface area contributed by atoms with Crippen molar-refractivity contribution >= 4 is 17.1 Å². The molecule has 3 rings (SSSR count). The third kappa shape index (κ3) is 4.14. The Morgan fingerprint density at radius 2 is 1.88 bits per heavy atom. The number of hydrogen-bond donors (Lipinski definition) is 3. The number of nitrogens with one attached hydrogen (secondary N) is 2. The van der Waals surface area contributed by atoms with Gasteiger partial charge in [-0.2, -0.15) is 0 Å². The van der Waals surface area contributed by atoms with E-state index >= 15 is 0 Å². The molecule has 0 bridgehead atoms. The zero-order valence-corrected chi connectivity index (χ0v) is 15.3. The molecule has 0 saturated heterocycles. The van der Waals surface area contributed by atoms with E-state index in [1.54, 1.807) is 6.20 Å². The van der Waals surface area contributed by atoms with Crippen molar-refractivity contribution in [3.8, 4) is 0 Å². The summed E-state index contributed by atoms with van der Waals surface area (Å²) in [7, 11) is 0. The van der Waals surface area contributed by atoms with Crippen LogP contribution in [-0.4, -0.2) is 11.0 Å². The van der Waals surface area contributed by atoms with Crippen molar-refractivity contribution in [2.24, 2.45) is 5.73 Å². The molecular weight excluding hydrogens is 320 g/mol. The highest BCUT2D eigenvalue weighted by molar-refractivity contribution is 5.90. The van der Waals surface area contributed by atoms with Crippen molar-refractivity contribution in [3.63, 3.8) is 0 Å². The summed E-state index contributed by atoms with van der Waals surface area (Å²) < 4.78 is 0. The van der Waals surface area contributed by atoms with Crippen LogP contribution in [-0.2, 0) is 6.54 Å². The molecule has 2 aromatic rings. The first-order chi connectivity index (χ1) is 12.7. The van der Waals surface area contributed by atoms with Crippen LogP contribution >= 0.6 is 0 Å². The maximum absolute atomic E-state index is 5.72. The minimum atomic E-state index is 0.474. The highest BCUT2D eigenvalue weighted by atomic mass is 15.0. The third-order valence-electron chi connectivity index (χ3n) is 4.99. The van der Waals surface area contributed by atoms with Gasteiger partial charge in [-0.1, -0.05) is 56.7 Å². The molecule has 0 unspecified atom stereocenters. The molecule has 1 aliphatic rings. The van der Waals surface area contributed by atoms with Crippen LogP contribution in [0.3, 0.4) is 0 Å². The van der Waals surface area contributed by atoms with E-state index in [0.717, 1.165) is 33.8 Å². The summed E-state index contributed by atoms with van der Waals surface area (Å²) in [4.78, 5) is 4.63. The molecule has 136 valence electrons. The zero-order valence-electron chi connectivity index (χ0n) is 15.3. The molecule has 1 saturated carbocycles. The third-order valence-corrected chi connectivity index (χ3v) is 4.99. The fourth-order valence-electron chi connectivity index (χ4n) is 3.53. The zero-order chi connectivity index (χ0) is 18.4. The maximum atomic E-state index is 5.72. The Balaban J connectivity index is 1.95. The van der Waals surface area contributed by atoms with Gasteiger partial charge in [0.15, 0.2) is 0 Å². The first kappa shape index (κ1) is 18.2. The van der Waals surface area contributed by atoms with Gasteiger partial charge in [-0.05, 0) is 41.8 Å². The lowest BCUT2D eigenvalue weighted by Gasteiger charge is -2.25. The minimum absolute atomic E-state index is 0.474. The summed E-state index contributed by atoms with van der Waals surface area (Å²) in [6.07, 6.45) is 9.78. The van der Waals surface area contributed by atoms with E-state index in [-0.39, 0.29) is 0 Å². The molecule has 0 radical (unpaired) electrons. The fraction of sp³-hybridized carbons (Fsp3) is 0.318. The van der Waals surface area contributed by atoms with E-state index in [0.29, 0.717) is 12.6 Å². The summed E-state index contributed by atoms with van der Waals surface area (Å²) in [5.74, 6) is 0.886. The van der Waals surface area contributed by atoms with Gasteiger partial charge in [0.25, 0.3) is 0 Å². The molecule has 4 N–H and O–H groups in total. The number of nitrogens with two attached hydrogens (primary N) is 1. The van der Waals surface area contributed by atoms with Crippen LogP contribution in [0.25, 0.3) is 5.57 Å². The smallest absolute Gasteiger partial charge is 0.136 e. The molecule has 0 aliphatic heterocycles. The Hall–Kier alpha value is -2.59. The highest BCUT2D eigenvalue weighted by Crippen LogP contribution is 2.34. The fourth-order valence-corrected chi connectivity index (χ4v) is 3.53. The molecule has 26 heavy (non-hydrogen) atoms. The second kappa shape index (κ2) is 8.68. The van der Waals surface area contributed by atoms with Crippen LogP contribution < -0.4 is 16.4 Å². The molecule has 0 atom stereocenters. The normalized spacial score (nSPS) is 14.7. The number of nitrogens with zero attached hydrogens (tertiary/aromatic N) is 1. The van der Waals surface area contributed by atoms with E-state index in [2.05, 4.69) is 40.9 Å². The second-order valence-electron chi connectivity index (χ2n) is 6.79. The Labute approximate surface area is 156 Å². The van der Waals surface area contributed by atoms with Gasteiger partial charge in [-0.25, -0.2) is 4.98 Å². The lowest BCUT2D eigenvalue weighted by atomic mass is 9.94. The number of pyridine rings is 1.